The number of hydrogen-bond donors (Lipinski definition) is 1. The third-order valence-corrected chi connectivity index (χ3v) is 2.78. The topological polar surface area (TPSA) is 75.5 Å². The van der Waals surface area contributed by atoms with Gasteiger partial charge in [0.15, 0.2) is 5.69 Å². The summed E-state index contributed by atoms with van der Waals surface area (Å²) in [6.07, 6.45) is 1.44. The highest BCUT2D eigenvalue weighted by molar-refractivity contribution is 5.85. The Morgan fingerprint density at radius 3 is 2.60 bits per heavy atom. The molecule has 20 heavy (non-hydrogen) atoms. The highest BCUT2D eigenvalue weighted by atomic mass is 16.5. The molecule has 6 heteroatoms. The quantitative estimate of drug-likeness (QED) is 0.895. The molecule has 0 bridgehead atoms. The Kier molecular flexibility index (Phi) is 4.14. The Hall–Kier alpha value is -2.63. The van der Waals surface area contributed by atoms with Gasteiger partial charge in [0.05, 0.1) is 7.11 Å². The summed E-state index contributed by atoms with van der Waals surface area (Å²) < 4.78 is 5.10. The molecule has 6 nitrogen and oxygen atoms in total. The van der Waals surface area contributed by atoms with Crippen LogP contribution < -0.4 is 9.64 Å². The fourth-order valence-corrected chi connectivity index (χ4v) is 1.73. The molecule has 1 aromatic heterocycles. The molecule has 0 spiro atoms. The largest absolute Gasteiger partial charge is 0.497 e. The van der Waals surface area contributed by atoms with Gasteiger partial charge in [-0.05, 0) is 23.8 Å². The van der Waals surface area contributed by atoms with E-state index < -0.39 is 5.97 Å². The van der Waals surface area contributed by atoms with E-state index in [9.17, 15) is 4.79 Å². The minimum absolute atomic E-state index is 0.0171. The van der Waals surface area contributed by atoms with Crippen molar-refractivity contribution < 1.29 is 14.6 Å². The average molecular weight is 273 g/mol. The molecule has 0 saturated heterocycles. The van der Waals surface area contributed by atoms with E-state index in [1.54, 1.807) is 12.0 Å². The average Bonchev–Trinajstić information content (AvgIpc) is 2.48. The van der Waals surface area contributed by atoms with Crippen LogP contribution in [0.2, 0.25) is 0 Å². The summed E-state index contributed by atoms with van der Waals surface area (Å²) in [4.78, 5) is 20.7. The SMILES string of the molecule is COc1ccc(CN(C)c2nccc(C(=O)O)n2)cc1. The molecule has 0 aliphatic carbocycles. The molecule has 0 unspecified atom stereocenters. The van der Waals surface area contributed by atoms with Gasteiger partial charge < -0.3 is 14.7 Å². The standard InChI is InChI=1S/C14H15N3O3/c1-17(9-10-3-5-11(20-2)6-4-10)14-15-8-7-12(16-14)13(18)19/h3-8H,9H2,1-2H3,(H,18,19). The van der Waals surface area contributed by atoms with Gasteiger partial charge in [-0.2, -0.15) is 0 Å². The number of aromatic nitrogens is 2. The lowest BCUT2D eigenvalue weighted by atomic mass is 10.2. The maximum absolute atomic E-state index is 10.9. The number of carboxylic acid groups (broad SMARTS) is 1. The zero-order valence-electron chi connectivity index (χ0n) is 11.3. The molecule has 0 aliphatic rings. The summed E-state index contributed by atoms with van der Waals surface area (Å²) >= 11 is 0. The minimum atomic E-state index is -1.06. The van der Waals surface area contributed by atoms with Crippen LogP contribution in [0, 0.1) is 0 Å². The van der Waals surface area contributed by atoms with E-state index in [2.05, 4.69) is 9.97 Å². The summed E-state index contributed by atoms with van der Waals surface area (Å²) in [6, 6.07) is 9.00. The van der Waals surface area contributed by atoms with Crippen molar-refractivity contribution in [2.75, 3.05) is 19.1 Å². The Labute approximate surface area is 116 Å². The number of carboxylic acids is 1. The molecule has 1 heterocycles. The van der Waals surface area contributed by atoms with Crippen molar-refractivity contribution in [2.24, 2.45) is 0 Å². The second kappa shape index (κ2) is 6.01. The summed E-state index contributed by atoms with van der Waals surface area (Å²) in [7, 11) is 3.43. The van der Waals surface area contributed by atoms with Crippen LogP contribution in [0.25, 0.3) is 0 Å². The third-order valence-electron chi connectivity index (χ3n) is 2.78. The molecule has 0 amide bonds. The Morgan fingerprint density at radius 2 is 2.00 bits per heavy atom. The summed E-state index contributed by atoms with van der Waals surface area (Å²) in [5.74, 6) is 0.104. The smallest absolute Gasteiger partial charge is 0.354 e. The van der Waals surface area contributed by atoms with Crippen molar-refractivity contribution >= 4 is 11.9 Å². The van der Waals surface area contributed by atoms with Gasteiger partial charge >= 0.3 is 5.97 Å². The van der Waals surface area contributed by atoms with Gasteiger partial charge in [0.2, 0.25) is 5.95 Å². The third kappa shape index (κ3) is 3.23. The van der Waals surface area contributed by atoms with Crippen LogP contribution in [0.5, 0.6) is 5.75 Å². The lowest BCUT2D eigenvalue weighted by Gasteiger charge is -2.17. The van der Waals surface area contributed by atoms with Crippen LogP contribution in [-0.2, 0) is 6.54 Å². The van der Waals surface area contributed by atoms with E-state index in [-0.39, 0.29) is 5.69 Å². The normalized spacial score (nSPS) is 10.1. The Balaban J connectivity index is 2.12. The first-order chi connectivity index (χ1) is 9.60. The van der Waals surface area contributed by atoms with Crippen LogP contribution in [0.15, 0.2) is 36.5 Å². The molecule has 0 aliphatic heterocycles. The number of methoxy groups -OCH3 is 1. The second-order valence-electron chi connectivity index (χ2n) is 4.25. The fraction of sp³-hybridized carbons (Fsp3) is 0.214. The van der Waals surface area contributed by atoms with Crippen LogP contribution in [-0.4, -0.2) is 35.2 Å². The number of hydrogen-bond acceptors (Lipinski definition) is 5. The fourth-order valence-electron chi connectivity index (χ4n) is 1.73. The van der Waals surface area contributed by atoms with Crippen LogP contribution >= 0.6 is 0 Å². The summed E-state index contributed by atoms with van der Waals surface area (Å²) in [5.41, 5.74) is 1.04. The molecule has 0 saturated carbocycles. The number of aromatic carboxylic acids is 1. The van der Waals surface area contributed by atoms with E-state index in [1.165, 1.54) is 12.3 Å². The van der Waals surface area contributed by atoms with E-state index >= 15 is 0 Å². The Morgan fingerprint density at radius 1 is 1.30 bits per heavy atom. The molecule has 104 valence electrons. The van der Waals surface area contributed by atoms with Gasteiger partial charge in [-0.3, -0.25) is 0 Å². The predicted octanol–water partition coefficient (Wildman–Crippen LogP) is 1.82. The number of carbonyl (C=O) groups is 1. The van der Waals surface area contributed by atoms with Crippen LogP contribution in [0.1, 0.15) is 16.1 Å². The van der Waals surface area contributed by atoms with Gasteiger partial charge in [0.25, 0.3) is 0 Å². The molecule has 2 rings (SSSR count). The van der Waals surface area contributed by atoms with E-state index in [4.69, 9.17) is 9.84 Å². The van der Waals surface area contributed by atoms with Crippen molar-refractivity contribution in [1.29, 1.82) is 0 Å². The van der Waals surface area contributed by atoms with E-state index in [0.717, 1.165) is 11.3 Å². The van der Waals surface area contributed by atoms with E-state index in [1.807, 2.05) is 31.3 Å². The van der Waals surface area contributed by atoms with Crippen molar-refractivity contribution in [1.82, 2.24) is 9.97 Å². The minimum Gasteiger partial charge on any atom is -0.497 e. The first-order valence-corrected chi connectivity index (χ1v) is 6.00. The molecule has 1 aromatic carbocycles. The van der Waals surface area contributed by atoms with Crippen LogP contribution in [0.4, 0.5) is 5.95 Å². The molecular weight excluding hydrogens is 258 g/mol. The molecule has 0 radical (unpaired) electrons. The second-order valence-corrected chi connectivity index (χ2v) is 4.25. The lowest BCUT2D eigenvalue weighted by Crippen LogP contribution is -2.20. The summed E-state index contributed by atoms with van der Waals surface area (Å²) in [6.45, 7) is 0.576. The molecule has 0 atom stereocenters. The lowest BCUT2D eigenvalue weighted by molar-refractivity contribution is 0.0690. The van der Waals surface area contributed by atoms with Gasteiger partial charge in [0, 0.05) is 19.8 Å². The maximum Gasteiger partial charge on any atom is 0.354 e. The molecular formula is C14H15N3O3. The number of benzene rings is 1. The predicted molar refractivity (Wildman–Crippen MR) is 74.1 cm³/mol. The van der Waals surface area contributed by atoms with Gasteiger partial charge in [-0.25, -0.2) is 14.8 Å². The monoisotopic (exact) mass is 273 g/mol. The summed E-state index contributed by atoms with van der Waals surface area (Å²) in [5, 5.41) is 8.92. The zero-order chi connectivity index (χ0) is 14.5. The van der Waals surface area contributed by atoms with Gasteiger partial charge in [-0.1, -0.05) is 12.1 Å². The molecule has 0 fully saturated rings. The van der Waals surface area contributed by atoms with Crippen molar-refractivity contribution in [3.8, 4) is 5.75 Å². The first-order valence-electron chi connectivity index (χ1n) is 6.00. The van der Waals surface area contributed by atoms with Crippen LogP contribution in [0.3, 0.4) is 0 Å². The first kappa shape index (κ1) is 13.8. The Bertz CT molecular complexity index is 599. The maximum atomic E-state index is 10.9. The number of anilines is 1. The van der Waals surface area contributed by atoms with Gasteiger partial charge in [0.1, 0.15) is 5.75 Å². The molecule has 2 aromatic rings. The highest BCUT2D eigenvalue weighted by Crippen LogP contribution is 2.14. The van der Waals surface area contributed by atoms with Crippen molar-refractivity contribution in [3.63, 3.8) is 0 Å². The van der Waals surface area contributed by atoms with E-state index in [0.29, 0.717) is 12.5 Å². The highest BCUT2D eigenvalue weighted by Gasteiger charge is 2.10. The number of rotatable bonds is 5. The zero-order valence-corrected chi connectivity index (χ0v) is 11.3. The number of ether oxygens (including phenoxy) is 1. The van der Waals surface area contributed by atoms with Crippen molar-refractivity contribution in [3.05, 3.63) is 47.8 Å². The van der Waals surface area contributed by atoms with Crippen molar-refractivity contribution in [2.45, 2.75) is 6.54 Å². The molecule has 1 N–H and O–H groups in total. The van der Waals surface area contributed by atoms with Gasteiger partial charge in [-0.15, -0.1) is 0 Å². The number of nitrogens with zero attached hydrogens (tertiary/aromatic N) is 3.